The van der Waals surface area contributed by atoms with E-state index in [2.05, 4.69) is 10.2 Å². The molecule has 22 heavy (non-hydrogen) atoms. The lowest BCUT2D eigenvalue weighted by Crippen LogP contribution is -2.34. The lowest BCUT2D eigenvalue weighted by Gasteiger charge is -2.23. The first-order chi connectivity index (χ1) is 10.7. The molecule has 4 heteroatoms. The van der Waals surface area contributed by atoms with Crippen LogP contribution in [0.15, 0.2) is 22.8 Å². The van der Waals surface area contributed by atoms with E-state index in [9.17, 15) is 4.79 Å². The number of rotatable bonds is 8. The van der Waals surface area contributed by atoms with Crippen LogP contribution in [0, 0.1) is 5.92 Å². The molecule has 124 valence electrons. The van der Waals surface area contributed by atoms with Crippen LogP contribution in [0.25, 0.3) is 0 Å². The molecule has 0 aromatic carbocycles. The van der Waals surface area contributed by atoms with E-state index in [1.54, 1.807) is 6.26 Å². The van der Waals surface area contributed by atoms with Crippen molar-refractivity contribution < 1.29 is 9.21 Å². The molecule has 1 N–H and O–H groups in total. The third-order valence-electron chi connectivity index (χ3n) is 4.73. The minimum atomic E-state index is 0.0947. The Bertz CT molecular complexity index is 422. The molecular formula is C18H30N2O2. The average molecular weight is 306 g/mol. The van der Waals surface area contributed by atoms with E-state index in [1.165, 1.54) is 38.5 Å². The fraction of sp³-hybridized carbons (Fsp3) is 0.722. The van der Waals surface area contributed by atoms with E-state index in [0.29, 0.717) is 13.0 Å². The van der Waals surface area contributed by atoms with Gasteiger partial charge in [-0.05, 0) is 45.0 Å². The quantitative estimate of drug-likeness (QED) is 0.795. The Labute approximate surface area is 134 Å². The van der Waals surface area contributed by atoms with Gasteiger partial charge in [0.25, 0.3) is 0 Å². The zero-order valence-electron chi connectivity index (χ0n) is 14.0. The molecule has 1 aliphatic rings. The van der Waals surface area contributed by atoms with Crippen molar-refractivity contribution in [2.75, 3.05) is 20.6 Å². The molecule has 1 atom stereocenters. The summed E-state index contributed by atoms with van der Waals surface area (Å²) in [5, 5.41) is 3.05. The highest BCUT2D eigenvalue weighted by Crippen LogP contribution is 2.27. The van der Waals surface area contributed by atoms with Gasteiger partial charge in [-0.1, -0.05) is 32.1 Å². The van der Waals surface area contributed by atoms with Crippen molar-refractivity contribution in [1.29, 1.82) is 0 Å². The van der Waals surface area contributed by atoms with Gasteiger partial charge >= 0.3 is 0 Å². The third kappa shape index (κ3) is 5.48. The number of nitrogens with zero attached hydrogens (tertiary/aromatic N) is 1. The van der Waals surface area contributed by atoms with E-state index in [1.807, 2.05) is 26.2 Å². The topological polar surface area (TPSA) is 45.5 Å². The first-order valence-corrected chi connectivity index (χ1v) is 8.63. The number of hydrogen-bond acceptors (Lipinski definition) is 3. The van der Waals surface area contributed by atoms with Crippen molar-refractivity contribution in [3.8, 4) is 0 Å². The standard InChI is InChI=1S/C18H30N2O2/c1-20(2)16(17-11-7-13-22-17)14-19-18(21)12-6-10-15-8-4-3-5-9-15/h7,11,13,15-16H,3-6,8-10,12,14H2,1-2H3,(H,19,21). The number of amides is 1. The molecule has 1 unspecified atom stereocenters. The molecule has 1 aromatic rings. The zero-order chi connectivity index (χ0) is 15.8. The highest BCUT2D eigenvalue weighted by atomic mass is 16.3. The van der Waals surface area contributed by atoms with Crippen LogP contribution in [0.1, 0.15) is 63.2 Å². The van der Waals surface area contributed by atoms with Crippen LogP contribution in [-0.2, 0) is 4.79 Å². The number of hydrogen-bond donors (Lipinski definition) is 1. The molecule has 1 aromatic heterocycles. The van der Waals surface area contributed by atoms with Crippen LogP contribution in [-0.4, -0.2) is 31.4 Å². The fourth-order valence-corrected chi connectivity index (χ4v) is 3.34. The smallest absolute Gasteiger partial charge is 0.220 e. The first kappa shape index (κ1) is 17.1. The molecule has 1 heterocycles. The molecule has 0 spiro atoms. The molecule has 1 aliphatic carbocycles. The SMILES string of the molecule is CN(C)C(CNC(=O)CCCC1CCCCC1)c1ccco1. The van der Waals surface area contributed by atoms with Crippen molar-refractivity contribution in [1.82, 2.24) is 10.2 Å². The van der Waals surface area contributed by atoms with E-state index in [4.69, 9.17) is 4.42 Å². The molecule has 1 amide bonds. The maximum atomic E-state index is 12.0. The Morgan fingerprint density at radius 1 is 1.36 bits per heavy atom. The Morgan fingerprint density at radius 3 is 2.77 bits per heavy atom. The van der Waals surface area contributed by atoms with Gasteiger partial charge in [0, 0.05) is 13.0 Å². The van der Waals surface area contributed by atoms with E-state index >= 15 is 0 Å². The van der Waals surface area contributed by atoms with Gasteiger partial charge in [0.2, 0.25) is 5.91 Å². The summed E-state index contributed by atoms with van der Waals surface area (Å²) in [5.41, 5.74) is 0. The van der Waals surface area contributed by atoms with Gasteiger partial charge < -0.3 is 9.73 Å². The summed E-state index contributed by atoms with van der Waals surface area (Å²) < 4.78 is 5.46. The summed E-state index contributed by atoms with van der Waals surface area (Å²) in [6, 6.07) is 3.94. The van der Waals surface area contributed by atoms with Crippen molar-refractivity contribution in [2.45, 2.75) is 57.4 Å². The highest BCUT2D eigenvalue weighted by Gasteiger charge is 2.18. The van der Waals surface area contributed by atoms with Crippen LogP contribution in [0.4, 0.5) is 0 Å². The fourth-order valence-electron chi connectivity index (χ4n) is 3.34. The minimum absolute atomic E-state index is 0.0947. The molecule has 4 nitrogen and oxygen atoms in total. The normalized spacial score (nSPS) is 17.6. The number of carbonyl (C=O) groups excluding carboxylic acids is 1. The molecule has 0 saturated heterocycles. The summed E-state index contributed by atoms with van der Waals surface area (Å²) in [6.07, 6.45) is 11.4. The Balaban J connectivity index is 1.65. The molecule has 0 radical (unpaired) electrons. The van der Waals surface area contributed by atoms with E-state index in [-0.39, 0.29) is 11.9 Å². The Morgan fingerprint density at radius 2 is 2.14 bits per heavy atom. The average Bonchev–Trinajstić information content (AvgIpc) is 3.02. The van der Waals surface area contributed by atoms with Crippen molar-refractivity contribution in [3.63, 3.8) is 0 Å². The second kappa shape index (κ2) is 8.99. The molecule has 2 rings (SSSR count). The molecule has 1 saturated carbocycles. The summed E-state index contributed by atoms with van der Waals surface area (Å²) in [7, 11) is 4.00. The second-order valence-electron chi connectivity index (χ2n) is 6.70. The van der Waals surface area contributed by atoms with Gasteiger partial charge in [0.05, 0.1) is 12.3 Å². The van der Waals surface area contributed by atoms with Gasteiger partial charge in [0.1, 0.15) is 5.76 Å². The minimum Gasteiger partial charge on any atom is -0.468 e. The Hall–Kier alpha value is -1.29. The maximum absolute atomic E-state index is 12.0. The summed E-state index contributed by atoms with van der Waals surface area (Å²) in [6.45, 7) is 0.600. The van der Waals surface area contributed by atoms with Gasteiger partial charge in [-0.25, -0.2) is 0 Å². The predicted molar refractivity (Wildman–Crippen MR) is 88.6 cm³/mol. The van der Waals surface area contributed by atoms with Gasteiger partial charge in [-0.2, -0.15) is 0 Å². The zero-order valence-corrected chi connectivity index (χ0v) is 14.0. The summed E-state index contributed by atoms with van der Waals surface area (Å²) in [4.78, 5) is 14.1. The molecule has 0 bridgehead atoms. The van der Waals surface area contributed by atoms with Gasteiger partial charge in [0.15, 0.2) is 0 Å². The largest absolute Gasteiger partial charge is 0.468 e. The second-order valence-corrected chi connectivity index (χ2v) is 6.70. The van der Waals surface area contributed by atoms with Crippen LogP contribution in [0.5, 0.6) is 0 Å². The lowest BCUT2D eigenvalue weighted by molar-refractivity contribution is -0.121. The monoisotopic (exact) mass is 306 g/mol. The number of furan rings is 1. The molecule has 1 fully saturated rings. The van der Waals surface area contributed by atoms with Crippen LogP contribution >= 0.6 is 0 Å². The molecular weight excluding hydrogens is 276 g/mol. The Kier molecular flexibility index (Phi) is 6.97. The van der Waals surface area contributed by atoms with Crippen LogP contribution < -0.4 is 5.32 Å². The summed E-state index contributed by atoms with van der Waals surface area (Å²) in [5.74, 6) is 1.92. The predicted octanol–water partition coefficient (Wildman–Crippen LogP) is 3.75. The van der Waals surface area contributed by atoms with E-state index < -0.39 is 0 Å². The van der Waals surface area contributed by atoms with Gasteiger partial charge in [-0.3, -0.25) is 9.69 Å². The lowest BCUT2D eigenvalue weighted by atomic mass is 9.86. The number of carbonyl (C=O) groups is 1. The van der Waals surface area contributed by atoms with Crippen molar-refractivity contribution in [2.24, 2.45) is 5.92 Å². The van der Waals surface area contributed by atoms with Crippen LogP contribution in [0.2, 0.25) is 0 Å². The van der Waals surface area contributed by atoms with Crippen molar-refractivity contribution >= 4 is 5.91 Å². The van der Waals surface area contributed by atoms with Gasteiger partial charge in [-0.15, -0.1) is 0 Å². The van der Waals surface area contributed by atoms with Crippen LogP contribution in [0.3, 0.4) is 0 Å². The first-order valence-electron chi connectivity index (χ1n) is 8.63. The van der Waals surface area contributed by atoms with Crippen molar-refractivity contribution in [3.05, 3.63) is 24.2 Å². The third-order valence-corrected chi connectivity index (χ3v) is 4.73. The maximum Gasteiger partial charge on any atom is 0.220 e. The summed E-state index contributed by atoms with van der Waals surface area (Å²) >= 11 is 0. The number of likely N-dealkylation sites (N-methyl/N-ethyl adjacent to an activating group) is 1. The number of nitrogens with one attached hydrogen (secondary N) is 1. The van der Waals surface area contributed by atoms with E-state index in [0.717, 1.165) is 18.1 Å². The molecule has 0 aliphatic heterocycles. The highest BCUT2D eigenvalue weighted by molar-refractivity contribution is 5.75.